The molecule has 1 aromatic carbocycles. The van der Waals surface area contributed by atoms with Crippen molar-refractivity contribution >= 4 is 15.9 Å². The van der Waals surface area contributed by atoms with Crippen LogP contribution in [0.1, 0.15) is 28.9 Å². The zero-order chi connectivity index (χ0) is 20.4. The first kappa shape index (κ1) is 20.3. The lowest BCUT2D eigenvalue weighted by atomic mass is 10.2. The molecule has 11 heteroatoms. The van der Waals surface area contributed by atoms with E-state index in [2.05, 4.69) is 10.4 Å². The molecule has 3 rings (SSSR count). The minimum absolute atomic E-state index is 0.0727. The molecule has 1 saturated heterocycles. The zero-order valence-corrected chi connectivity index (χ0v) is 15.6. The van der Waals surface area contributed by atoms with Crippen LogP contribution in [0.15, 0.2) is 41.4 Å². The molecule has 0 aliphatic carbocycles. The lowest BCUT2D eigenvalue weighted by Gasteiger charge is -2.15. The Morgan fingerprint density at radius 3 is 2.32 bits per heavy atom. The normalized spacial score (nSPS) is 15.7. The molecule has 1 fully saturated rings. The number of aromatic nitrogens is 2. The van der Waals surface area contributed by atoms with E-state index in [9.17, 15) is 26.4 Å². The van der Waals surface area contributed by atoms with Crippen LogP contribution in [0.4, 0.5) is 13.2 Å². The molecule has 0 bridgehead atoms. The fourth-order valence-electron chi connectivity index (χ4n) is 2.88. The molecule has 0 saturated carbocycles. The molecule has 1 aromatic heterocycles. The van der Waals surface area contributed by atoms with Gasteiger partial charge in [-0.15, -0.1) is 0 Å². The molecule has 1 aliphatic rings. The third-order valence-corrected chi connectivity index (χ3v) is 6.29. The van der Waals surface area contributed by atoms with Gasteiger partial charge in [0, 0.05) is 31.4 Å². The highest BCUT2D eigenvalue weighted by molar-refractivity contribution is 7.89. The quantitative estimate of drug-likeness (QED) is 0.782. The summed E-state index contributed by atoms with van der Waals surface area (Å²) in [6, 6.07) is 6.45. The van der Waals surface area contributed by atoms with E-state index < -0.39 is 27.8 Å². The highest BCUT2D eigenvalue weighted by Crippen LogP contribution is 2.27. The summed E-state index contributed by atoms with van der Waals surface area (Å²) in [4.78, 5) is 12.3. The number of rotatable bonds is 6. The second-order valence-corrected chi connectivity index (χ2v) is 8.29. The average molecular weight is 416 g/mol. The van der Waals surface area contributed by atoms with Gasteiger partial charge in [-0.2, -0.15) is 22.6 Å². The first-order valence-corrected chi connectivity index (χ1v) is 10.1. The van der Waals surface area contributed by atoms with Crippen molar-refractivity contribution in [3.63, 3.8) is 0 Å². The summed E-state index contributed by atoms with van der Waals surface area (Å²) in [5, 5.41) is 5.96. The summed E-state index contributed by atoms with van der Waals surface area (Å²) in [5.74, 6) is -0.451. The molecular weight excluding hydrogens is 397 g/mol. The number of nitrogens with one attached hydrogen (secondary N) is 1. The fraction of sp³-hybridized carbons (Fsp3) is 0.412. The number of sulfonamides is 1. The number of halogens is 3. The van der Waals surface area contributed by atoms with E-state index in [1.54, 1.807) is 0 Å². The van der Waals surface area contributed by atoms with Crippen LogP contribution in [0, 0.1) is 0 Å². The van der Waals surface area contributed by atoms with Crippen molar-refractivity contribution in [1.29, 1.82) is 0 Å². The maximum absolute atomic E-state index is 12.5. The third-order valence-electron chi connectivity index (χ3n) is 4.38. The number of alkyl halides is 3. The number of carbonyl (C=O) groups excluding carboxylic acids is 1. The largest absolute Gasteiger partial charge is 0.435 e. The van der Waals surface area contributed by atoms with E-state index in [-0.39, 0.29) is 23.5 Å². The molecule has 28 heavy (non-hydrogen) atoms. The van der Waals surface area contributed by atoms with Gasteiger partial charge < -0.3 is 5.32 Å². The third kappa shape index (κ3) is 4.53. The molecule has 0 radical (unpaired) electrons. The molecule has 0 unspecified atom stereocenters. The van der Waals surface area contributed by atoms with Crippen molar-refractivity contribution in [3.8, 4) is 0 Å². The van der Waals surface area contributed by atoms with Crippen LogP contribution in [0.2, 0.25) is 0 Å². The Morgan fingerprint density at radius 1 is 1.11 bits per heavy atom. The van der Waals surface area contributed by atoms with Gasteiger partial charge in [0.15, 0.2) is 5.69 Å². The van der Waals surface area contributed by atoms with Gasteiger partial charge >= 0.3 is 6.18 Å². The lowest BCUT2D eigenvalue weighted by molar-refractivity contribution is -0.141. The maximum Gasteiger partial charge on any atom is 0.435 e. The topological polar surface area (TPSA) is 84.3 Å². The van der Waals surface area contributed by atoms with Gasteiger partial charge in [-0.3, -0.25) is 9.48 Å². The summed E-state index contributed by atoms with van der Waals surface area (Å²) >= 11 is 0. The predicted octanol–water partition coefficient (Wildman–Crippen LogP) is 2.12. The van der Waals surface area contributed by atoms with Gasteiger partial charge in [0.2, 0.25) is 10.0 Å². The van der Waals surface area contributed by atoms with Crippen LogP contribution in [0.5, 0.6) is 0 Å². The molecule has 1 N–H and O–H groups in total. The SMILES string of the molecule is O=C(NCCn1ccc(C(F)(F)F)n1)c1ccc(S(=O)(=O)N2CCCC2)cc1. The van der Waals surface area contributed by atoms with E-state index in [1.165, 1.54) is 34.8 Å². The summed E-state index contributed by atoms with van der Waals surface area (Å²) < 4.78 is 64.9. The Morgan fingerprint density at radius 2 is 1.75 bits per heavy atom. The van der Waals surface area contributed by atoms with Crippen LogP contribution < -0.4 is 5.32 Å². The molecule has 2 aromatic rings. The Balaban J connectivity index is 1.55. The van der Waals surface area contributed by atoms with Crippen molar-refractivity contribution in [2.45, 2.75) is 30.5 Å². The van der Waals surface area contributed by atoms with Crippen molar-refractivity contribution < 1.29 is 26.4 Å². The van der Waals surface area contributed by atoms with Crippen molar-refractivity contribution in [3.05, 3.63) is 47.8 Å². The standard InChI is InChI=1S/C17H19F3N4O3S/c18-17(19,20)15-7-11-23(22-15)12-8-21-16(25)13-3-5-14(6-4-13)28(26,27)24-9-1-2-10-24/h3-7,11H,1-2,8-10,12H2,(H,21,25). The van der Waals surface area contributed by atoms with Gasteiger partial charge in [0.25, 0.3) is 5.91 Å². The number of amides is 1. The highest BCUT2D eigenvalue weighted by atomic mass is 32.2. The molecule has 1 amide bonds. The van der Waals surface area contributed by atoms with Gasteiger partial charge in [-0.1, -0.05) is 0 Å². The number of hydrogen-bond donors (Lipinski definition) is 1. The molecule has 152 valence electrons. The molecule has 0 spiro atoms. The van der Waals surface area contributed by atoms with Crippen molar-refractivity contribution in [1.82, 2.24) is 19.4 Å². The van der Waals surface area contributed by atoms with Crippen LogP contribution >= 0.6 is 0 Å². The summed E-state index contributed by atoms with van der Waals surface area (Å²) in [7, 11) is -3.55. The van der Waals surface area contributed by atoms with E-state index in [4.69, 9.17) is 0 Å². The van der Waals surface area contributed by atoms with E-state index >= 15 is 0 Å². The fourth-order valence-corrected chi connectivity index (χ4v) is 4.40. The van der Waals surface area contributed by atoms with Crippen molar-refractivity contribution in [2.75, 3.05) is 19.6 Å². The monoisotopic (exact) mass is 416 g/mol. The summed E-state index contributed by atoms with van der Waals surface area (Å²) in [6.45, 7) is 1.14. The molecule has 7 nitrogen and oxygen atoms in total. The summed E-state index contributed by atoms with van der Waals surface area (Å²) in [5.41, 5.74) is -0.731. The predicted molar refractivity (Wildman–Crippen MR) is 94.0 cm³/mol. The van der Waals surface area contributed by atoms with E-state index in [0.29, 0.717) is 13.1 Å². The zero-order valence-electron chi connectivity index (χ0n) is 14.8. The van der Waals surface area contributed by atoms with E-state index in [1.807, 2.05) is 0 Å². The van der Waals surface area contributed by atoms with E-state index in [0.717, 1.165) is 23.6 Å². The van der Waals surface area contributed by atoms with Crippen LogP contribution in [-0.4, -0.2) is 48.0 Å². The molecule has 0 atom stereocenters. The second-order valence-electron chi connectivity index (χ2n) is 6.35. The number of hydrogen-bond acceptors (Lipinski definition) is 4. The van der Waals surface area contributed by atoms with Gasteiger partial charge in [0.1, 0.15) is 0 Å². The van der Waals surface area contributed by atoms with Crippen LogP contribution in [0.25, 0.3) is 0 Å². The highest BCUT2D eigenvalue weighted by Gasteiger charge is 2.33. The van der Waals surface area contributed by atoms with Crippen molar-refractivity contribution in [2.24, 2.45) is 0 Å². The Hall–Kier alpha value is -2.40. The van der Waals surface area contributed by atoms with Gasteiger partial charge in [-0.25, -0.2) is 8.42 Å². The van der Waals surface area contributed by atoms with Gasteiger partial charge in [-0.05, 0) is 43.2 Å². The first-order valence-electron chi connectivity index (χ1n) is 8.67. The molecule has 2 heterocycles. The lowest BCUT2D eigenvalue weighted by Crippen LogP contribution is -2.29. The number of nitrogens with zero attached hydrogens (tertiary/aromatic N) is 3. The minimum Gasteiger partial charge on any atom is -0.350 e. The smallest absolute Gasteiger partial charge is 0.350 e. The average Bonchev–Trinajstić information content (AvgIpc) is 3.33. The summed E-state index contributed by atoms with van der Waals surface area (Å²) in [6.07, 6.45) is -1.65. The number of carbonyl (C=O) groups is 1. The minimum atomic E-state index is -4.51. The second kappa shape index (κ2) is 7.92. The van der Waals surface area contributed by atoms with Crippen LogP contribution in [-0.2, 0) is 22.7 Å². The maximum atomic E-state index is 12.5. The van der Waals surface area contributed by atoms with Crippen LogP contribution in [0.3, 0.4) is 0 Å². The van der Waals surface area contributed by atoms with Gasteiger partial charge in [0.05, 0.1) is 11.4 Å². The molecule has 1 aliphatic heterocycles. The Kier molecular flexibility index (Phi) is 5.75. The Bertz CT molecular complexity index is 933. The number of benzene rings is 1. The first-order chi connectivity index (χ1) is 13.2. The molecular formula is C17H19F3N4O3S. The Labute approximate surface area is 160 Å².